The average molecular weight is 590 g/mol. The van der Waals surface area contributed by atoms with Crippen molar-refractivity contribution in [1.29, 1.82) is 0 Å². The van der Waals surface area contributed by atoms with Crippen LogP contribution in [0.4, 0.5) is 5.69 Å². The van der Waals surface area contributed by atoms with Crippen LogP contribution in [-0.2, 0) is 16.0 Å². The Morgan fingerprint density at radius 2 is 1.90 bits per heavy atom. The van der Waals surface area contributed by atoms with Crippen molar-refractivity contribution in [3.63, 3.8) is 0 Å². The van der Waals surface area contributed by atoms with E-state index in [1.54, 1.807) is 5.41 Å². The van der Waals surface area contributed by atoms with Gasteiger partial charge < -0.3 is 25.3 Å². The number of nitrogens with zero attached hydrogens (tertiary/aromatic N) is 2. The van der Waals surface area contributed by atoms with E-state index >= 15 is 0 Å². The molecule has 0 bridgehead atoms. The van der Waals surface area contributed by atoms with Crippen molar-refractivity contribution >= 4 is 29.8 Å². The van der Waals surface area contributed by atoms with E-state index in [2.05, 4.69) is 37.5 Å². The van der Waals surface area contributed by atoms with Crippen LogP contribution in [0.3, 0.4) is 0 Å². The number of hydrogen-bond acceptors (Lipinski definition) is 6. The monoisotopic (exact) mass is 589 g/mol. The van der Waals surface area contributed by atoms with Crippen LogP contribution in [0.5, 0.6) is 11.5 Å². The largest absolute Gasteiger partial charge is 0.507 e. The summed E-state index contributed by atoms with van der Waals surface area (Å²) in [4.78, 5) is 28.7. The number of aryl methyl sites for hydroxylation is 1. The van der Waals surface area contributed by atoms with Crippen molar-refractivity contribution in [2.24, 2.45) is 0 Å². The Labute approximate surface area is 254 Å². The van der Waals surface area contributed by atoms with Crippen LogP contribution in [0, 0.1) is 0 Å². The lowest BCUT2D eigenvalue weighted by molar-refractivity contribution is -0.126. The molecule has 2 amide bonds. The van der Waals surface area contributed by atoms with E-state index in [0.717, 1.165) is 59.4 Å². The fourth-order valence-electron chi connectivity index (χ4n) is 6.18. The summed E-state index contributed by atoms with van der Waals surface area (Å²) in [6.07, 6.45) is 8.33. The molecule has 3 N–H and O–H groups in total. The molecule has 4 rings (SSSR count). The van der Waals surface area contributed by atoms with Crippen molar-refractivity contribution in [2.75, 3.05) is 31.6 Å². The quantitative estimate of drug-likeness (QED) is 0.112. The Morgan fingerprint density at radius 1 is 1.14 bits per heavy atom. The highest BCUT2D eigenvalue weighted by Gasteiger charge is 2.31. The lowest BCUT2D eigenvalue weighted by atomic mass is 9.80. The fraction of sp³-hybridized carbons (Fsp3) is 0.412. The van der Waals surface area contributed by atoms with Crippen LogP contribution in [0.2, 0.25) is 0 Å². The van der Waals surface area contributed by atoms with E-state index in [1.165, 1.54) is 29.8 Å². The number of thioether (sulfide) groups is 1. The molecule has 2 aromatic carbocycles. The number of anilines is 1. The van der Waals surface area contributed by atoms with Gasteiger partial charge in [0.25, 0.3) is 0 Å². The van der Waals surface area contributed by atoms with Gasteiger partial charge in [-0.15, -0.1) is 0 Å². The Morgan fingerprint density at radius 3 is 2.52 bits per heavy atom. The highest BCUT2D eigenvalue weighted by molar-refractivity contribution is 8.02. The van der Waals surface area contributed by atoms with Crippen molar-refractivity contribution < 1.29 is 19.8 Å². The standard InChI is InChI=1S/C34H43N3O4S/c1-5-23-18-26(20-32(40)34(23)42-7-3)28-21-37(33(41)6-2)17-9-12-27(28)29(15-16-35-22-38)36(4)30-14-13-25(19-31(30)39)24-10-8-11-24/h6-7,13-14,18-20,22,24,28,39-40H,2-3,5,8-12,15-17,21H2,1,4H3,(H,35,38)/b29-27+. The van der Waals surface area contributed by atoms with Crippen molar-refractivity contribution in [2.45, 2.75) is 68.6 Å². The smallest absolute Gasteiger partial charge is 0.245 e. The van der Waals surface area contributed by atoms with Crippen LogP contribution in [-0.4, -0.2) is 54.1 Å². The third-order valence-corrected chi connectivity index (χ3v) is 9.51. The molecule has 0 spiro atoms. The molecular formula is C34H43N3O4S. The first-order valence-electron chi connectivity index (χ1n) is 14.8. The first-order chi connectivity index (χ1) is 20.3. The molecule has 224 valence electrons. The average Bonchev–Trinajstić information content (AvgIpc) is 3.18. The Kier molecular flexibility index (Phi) is 10.8. The van der Waals surface area contributed by atoms with E-state index in [9.17, 15) is 19.8 Å². The van der Waals surface area contributed by atoms with Gasteiger partial charge in [-0.2, -0.15) is 0 Å². The summed E-state index contributed by atoms with van der Waals surface area (Å²) in [5.41, 5.74) is 5.91. The van der Waals surface area contributed by atoms with Crippen molar-refractivity contribution in [1.82, 2.24) is 10.2 Å². The van der Waals surface area contributed by atoms with E-state index in [4.69, 9.17) is 0 Å². The number of phenolic OH excluding ortho intramolecular Hbond substituents is 2. The Hall–Kier alpha value is -3.65. The van der Waals surface area contributed by atoms with Crippen molar-refractivity contribution in [3.8, 4) is 11.5 Å². The number of carbonyl (C=O) groups excluding carboxylic acids is 2. The number of rotatable bonds is 12. The van der Waals surface area contributed by atoms with Crippen LogP contribution in [0.15, 0.2) is 71.1 Å². The number of amides is 2. The lowest BCUT2D eigenvalue weighted by Crippen LogP contribution is -2.33. The predicted molar refractivity (Wildman–Crippen MR) is 171 cm³/mol. The van der Waals surface area contributed by atoms with Crippen LogP contribution in [0.25, 0.3) is 0 Å². The fourth-order valence-corrected chi connectivity index (χ4v) is 6.88. The molecule has 0 radical (unpaired) electrons. The van der Waals surface area contributed by atoms with E-state index in [1.807, 2.05) is 35.0 Å². The summed E-state index contributed by atoms with van der Waals surface area (Å²) in [7, 11) is 1.95. The minimum atomic E-state index is -0.208. The SMILES string of the molecule is C=CSc1c(O)cc(C2CN(C(=O)C=C)CCC/C2=C(/CCNC=O)N(C)c2ccc(C3CCC3)cc2O)cc1CC. The zero-order valence-corrected chi connectivity index (χ0v) is 25.6. The third-order valence-electron chi connectivity index (χ3n) is 8.64. The minimum Gasteiger partial charge on any atom is -0.507 e. The number of likely N-dealkylation sites (tertiary alicyclic amines) is 1. The second kappa shape index (κ2) is 14.5. The molecule has 1 aliphatic heterocycles. The first-order valence-corrected chi connectivity index (χ1v) is 15.7. The maximum atomic E-state index is 12.9. The Balaban J connectivity index is 1.86. The molecule has 1 unspecified atom stereocenters. The topological polar surface area (TPSA) is 93.1 Å². The lowest BCUT2D eigenvalue weighted by Gasteiger charge is -2.32. The number of nitrogens with one attached hydrogen (secondary N) is 1. The predicted octanol–water partition coefficient (Wildman–Crippen LogP) is 6.58. The number of phenols is 2. The van der Waals surface area contributed by atoms with Gasteiger partial charge in [-0.25, -0.2) is 0 Å². The van der Waals surface area contributed by atoms with Crippen LogP contribution >= 0.6 is 11.8 Å². The van der Waals surface area contributed by atoms with Gasteiger partial charge in [0.15, 0.2) is 0 Å². The summed E-state index contributed by atoms with van der Waals surface area (Å²) in [6, 6.07) is 9.92. The van der Waals surface area contributed by atoms with E-state index < -0.39 is 0 Å². The number of aromatic hydroxyl groups is 2. The molecule has 1 atom stereocenters. The molecule has 1 saturated carbocycles. The van der Waals surface area contributed by atoms with Crippen LogP contribution in [0.1, 0.15) is 74.0 Å². The zero-order valence-electron chi connectivity index (χ0n) is 24.8. The van der Waals surface area contributed by atoms with Gasteiger partial charge in [0.2, 0.25) is 12.3 Å². The Bertz CT molecular complexity index is 1350. The molecule has 1 saturated heterocycles. The number of benzene rings is 2. The number of carbonyl (C=O) groups is 2. The highest BCUT2D eigenvalue weighted by Crippen LogP contribution is 2.44. The summed E-state index contributed by atoms with van der Waals surface area (Å²) in [5.74, 6) is 0.601. The second-order valence-corrected chi connectivity index (χ2v) is 12.0. The summed E-state index contributed by atoms with van der Waals surface area (Å²) < 4.78 is 0. The van der Waals surface area contributed by atoms with Gasteiger partial charge >= 0.3 is 0 Å². The van der Waals surface area contributed by atoms with Gasteiger partial charge in [-0.1, -0.05) is 50.4 Å². The van der Waals surface area contributed by atoms with E-state index in [0.29, 0.717) is 44.1 Å². The molecule has 0 aromatic heterocycles. The molecular weight excluding hydrogens is 546 g/mol. The third kappa shape index (κ3) is 6.86. The zero-order chi connectivity index (χ0) is 30.2. The van der Waals surface area contributed by atoms with Gasteiger partial charge in [0.05, 0.1) is 10.6 Å². The van der Waals surface area contributed by atoms with E-state index in [-0.39, 0.29) is 23.3 Å². The summed E-state index contributed by atoms with van der Waals surface area (Å²) in [6.45, 7) is 11.0. The van der Waals surface area contributed by atoms with Gasteiger partial charge in [0, 0.05) is 44.7 Å². The minimum absolute atomic E-state index is 0.123. The molecule has 7 nitrogen and oxygen atoms in total. The molecule has 2 fully saturated rings. The molecule has 42 heavy (non-hydrogen) atoms. The highest BCUT2D eigenvalue weighted by atomic mass is 32.2. The van der Waals surface area contributed by atoms with Gasteiger partial charge in [-0.3, -0.25) is 9.59 Å². The molecule has 1 heterocycles. The van der Waals surface area contributed by atoms with Crippen LogP contribution < -0.4 is 10.2 Å². The second-order valence-electron chi connectivity index (χ2n) is 11.0. The molecule has 2 aromatic rings. The molecule has 8 heteroatoms. The van der Waals surface area contributed by atoms with Crippen molar-refractivity contribution in [3.05, 3.63) is 82.9 Å². The molecule has 1 aliphatic carbocycles. The molecule has 2 aliphatic rings. The normalized spacial score (nSPS) is 18.4. The number of hydrogen-bond donors (Lipinski definition) is 3. The van der Waals surface area contributed by atoms with Gasteiger partial charge in [0.1, 0.15) is 11.5 Å². The maximum Gasteiger partial charge on any atom is 0.245 e. The van der Waals surface area contributed by atoms with Gasteiger partial charge in [-0.05, 0) is 90.0 Å². The first kappa shape index (κ1) is 31.3. The maximum absolute atomic E-state index is 12.9. The summed E-state index contributed by atoms with van der Waals surface area (Å²) >= 11 is 1.40. The summed E-state index contributed by atoms with van der Waals surface area (Å²) in [5, 5.41) is 26.8.